The van der Waals surface area contributed by atoms with Crippen LogP contribution in [0.1, 0.15) is 27.2 Å². The maximum atomic E-state index is 13.0. The number of anilines is 1. The van der Waals surface area contributed by atoms with E-state index in [-0.39, 0.29) is 5.91 Å². The van der Waals surface area contributed by atoms with Crippen LogP contribution < -0.4 is 4.90 Å². The van der Waals surface area contributed by atoms with Crippen LogP contribution in [0.4, 0.5) is 5.69 Å². The van der Waals surface area contributed by atoms with Crippen molar-refractivity contribution in [3.05, 3.63) is 77.1 Å². The molecule has 0 saturated carbocycles. The van der Waals surface area contributed by atoms with Crippen molar-refractivity contribution in [2.24, 2.45) is 0 Å². The summed E-state index contributed by atoms with van der Waals surface area (Å²) in [6.45, 7) is 4.39. The monoisotopic (exact) mass is 306 g/mol. The molecule has 0 atom stereocenters. The van der Waals surface area contributed by atoms with Gasteiger partial charge in [0, 0.05) is 11.8 Å². The van der Waals surface area contributed by atoms with Gasteiger partial charge in [0.15, 0.2) is 0 Å². The van der Waals surface area contributed by atoms with Crippen LogP contribution in [-0.4, -0.2) is 21.3 Å². The summed E-state index contributed by atoms with van der Waals surface area (Å²) in [6, 6.07) is 15.3. The summed E-state index contributed by atoms with van der Waals surface area (Å²) < 4.78 is 0. The number of amides is 1. The largest absolute Gasteiger partial charge is 0.302 e. The van der Waals surface area contributed by atoms with Gasteiger partial charge in [-0.1, -0.05) is 41.6 Å². The third-order valence-corrected chi connectivity index (χ3v) is 3.76. The number of carbonyl (C=O) groups is 1. The third kappa shape index (κ3) is 3.13. The molecule has 23 heavy (non-hydrogen) atoms. The van der Waals surface area contributed by atoms with E-state index < -0.39 is 0 Å². The molecule has 3 rings (SSSR count). The maximum Gasteiger partial charge on any atom is 0.258 e. The summed E-state index contributed by atoms with van der Waals surface area (Å²) in [5.74, 6) is -0.0500. The number of hydrogen-bond acceptors (Lipinski definition) is 3. The summed E-state index contributed by atoms with van der Waals surface area (Å²) >= 11 is 0. The smallest absolute Gasteiger partial charge is 0.258 e. The zero-order chi connectivity index (χ0) is 16.2. The second-order valence-electron chi connectivity index (χ2n) is 5.46. The number of aryl methyl sites for hydroxylation is 2. The number of aromatic amines is 1. The van der Waals surface area contributed by atoms with Crippen LogP contribution in [0.15, 0.2) is 54.7 Å². The van der Waals surface area contributed by atoms with E-state index in [1.54, 1.807) is 11.1 Å². The Balaban J connectivity index is 2.05. The highest BCUT2D eigenvalue weighted by Crippen LogP contribution is 2.27. The van der Waals surface area contributed by atoms with Crippen molar-refractivity contribution >= 4 is 11.6 Å². The SMILES string of the molecule is Cc1cccc(C)c1N(Cc1c[nH]nn1)C(=O)c1ccccc1. The standard InChI is InChI=1S/C18H18N4O/c1-13-7-6-8-14(2)17(13)22(12-16-11-19-21-20-16)18(23)15-9-4-3-5-10-15/h3-11H,12H2,1-2H3,(H,19,20,21). The average Bonchev–Trinajstić information content (AvgIpc) is 3.07. The molecule has 0 fully saturated rings. The van der Waals surface area contributed by atoms with Crippen molar-refractivity contribution in [3.63, 3.8) is 0 Å². The van der Waals surface area contributed by atoms with E-state index in [0.717, 1.165) is 22.5 Å². The first-order valence-corrected chi connectivity index (χ1v) is 7.45. The van der Waals surface area contributed by atoms with Gasteiger partial charge in [-0.25, -0.2) is 0 Å². The van der Waals surface area contributed by atoms with E-state index in [0.29, 0.717) is 12.1 Å². The molecule has 0 bridgehead atoms. The van der Waals surface area contributed by atoms with Gasteiger partial charge in [0.1, 0.15) is 5.69 Å². The lowest BCUT2D eigenvalue weighted by Gasteiger charge is -2.25. The molecule has 1 N–H and O–H groups in total. The Hall–Kier alpha value is -2.95. The maximum absolute atomic E-state index is 13.0. The molecule has 1 aromatic heterocycles. The van der Waals surface area contributed by atoms with E-state index in [4.69, 9.17) is 0 Å². The summed E-state index contributed by atoms with van der Waals surface area (Å²) in [4.78, 5) is 14.8. The number of H-pyrrole nitrogens is 1. The molecule has 0 aliphatic carbocycles. The first-order valence-electron chi connectivity index (χ1n) is 7.45. The minimum absolute atomic E-state index is 0.0500. The Morgan fingerprint density at radius 3 is 2.35 bits per heavy atom. The van der Waals surface area contributed by atoms with Crippen LogP contribution in [0.3, 0.4) is 0 Å². The molecular formula is C18H18N4O. The highest BCUT2D eigenvalue weighted by molar-refractivity contribution is 6.06. The number of hydrogen-bond donors (Lipinski definition) is 1. The molecule has 0 spiro atoms. The van der Waals surface area contributed by atoms with Gasteiger partial charge < -0.3 is 4.90 Å². The van der Waals surface area contributed by atoms with Gasteiger partial charge in [-0.2, -0.15) is 0 Å². The summed E-state index contributed by atoms with van der Waals surface area (Å²) in [5, 5.41) is 10.4. The van der Waals surface area contributed by atoms with Gasteiger partial charge in [0.2, 0.25) is 0 Å². The molecule has 2 aromatic carbocycles. The predicted octanol–water partition coefficient (Wildman–Crippen LogP) is 3.27. The summed E-state index contributed by atoms with van der Waals surface area (Å²) in [7, 11) is 0. The molecule has 5 nitrogen and oxygen atoms in total. The first-order chi connectivity index (χ1) is 11.2. The number of aromatic nitrogens is 3. The third-order valence-electron chi connectivity index (χ3n) is 3.76. The zero-order valence-electron chi connectivity index (χ0n) is 13.2. The lowest BCUT2D eigenvalue weighted by atomic mass is 10.1. The number of para-hydroxylation sites is 1. The quantitative estimate of drug-likeness (QED) is 0.804. The van der Waals surface area contributed by atoms with Crippen LogP contribution in [-0.2, 0) is 6.54 Å². The van der Waals surface area contributed by atoms with E-state index in [2.05, 4.69) is 15.4 Å². The average molecular weight is 306 g/mol. The molecule has 0 saturated heterocycles. The van der Waals surface area contributed by atoms with Crippen molar-refractivity contribution in [2.45, 2.75) is 20.4 Å². The molecule has 0 aliphatic heterocycles. The van der Waals surface area contributed by atoms with Crippen LogP contribution in [0, 0.1) is 13.8 Å². The molecule has 0 radical (unpaired) electrons. The Labute approximate surface area is 135 Å². The van der Waals surface area contributed by atoms with E-state index in [1.165, 1.54) is 0 Å². The Morgan fingerprint density at radius 1 is 1.04 bits per heavy atom. The summed E-state index contributed by atoms with van der Waals surface area (Å²) in [6.07, 6.45) is 1.71. The molecule has 0 unspecified atom stereocenters. The fourth-order valence-corrected chi connectivity index (χ4v) is 2.68. The Bertz CT molecular complexity index is 777. The normalized spacial score (nSPS) is 10.5. The Morgan fingerprint density at radius 2 is 1.74 bits per heavy atom. The number of benzene rings is 2. The van der Waals surface area contributed by atoms with Crippen molar-refractivity contribution < 1.29 is 4.79 Å². The van der Waals surface area contributed by atoms with Gasteiger partial charge >= 0.3 is 0 Å². The van der Waals surface area contributed by atoms with E-state index in [1.807, 2.05) is 62.4 Å². The highest BCUT2D eigenvalue weighted by atomic mass is 16.2. The lowest BCUT2D eigenvalue weighted by molar-refractivity contribution is 0.0984. The topological polar surface area (TPSA) is 61.9 Å². The fraction of sp³-hybridized carbons (Fsp3) is 0.167. The van der Waals surface area contributed by atoms with Crippen LogP contribution >= 0.6 is 0 Å². The molecule has 116 valence electrons. The van der Waals surface area contributed by atoms with Gasteiger partial charge in [-0.05, 0) is 37.1 Å². The van der Waals surface area contributed by atoms with Crippen LogP contribution in [0.2, 0.25) is 0 Å². The summed E-state index contributed by atoms with van der Waals surface area (Å²) in [5.41, 5.74) is 4.40. The van der Waals surface area contributed by atoms with Gasteiger partial charge in [0.05, 0.1) is 12.2 Å². The van der Waals surface area contributed by atoms with Gasteiger partial charge in [-0.15, -0.1) is 5.10 Å². The lowest BCUT2D eigenvalue weighted by Crippen LogP contribution is -2.31. The van der Waals surface area contributed by atoms with Crippen molar-refractivity contribution in [1.29, 1.82) is 0 Å². The number of carbonyl (C=O) groups excluding carboxylic acids is 1. The molecular weight excluding hydrogens is 288 g/mol. The van der Waals surface area contributed by atoms with Crippen molar-refractivity contribution in [1.82, 2.24) is 15.4 Å². The second-order valence-corrected chi connectivity index (χ2v) is 5.46. The number of rotatable bonds is 4. The number of nitrogens with one attached hydrogen (secondary N) is 1. The molecule has 3 aromatic rings. The van der Waals surface area contributed by atoms with Crippen molar-refractivity contribution in [2.75, 3.05) is 4.90 Å². The predicted molar refractivity (Wildman–Crippen MR) is 89.3 cm³/mol. The second kappa shape index (κ2) is 6.44. The minimum atomic E-state index is -0.0500. The fourth-order valence-electron chi connectivity index (χ4n) is 2.68. The van der Waals surface area contributed by atoms with E-state index >= 15 is 0 Å². The van der Waals surface area contributed by atoms with E-state index in [9.17, 15) is 4.79 Å². The highest BCUT2D eigenvalue weighted by Gasteiger charge is 2.22. The van der Waals surface area contributed by atoms with Crippen LogP contribution in [0.5, 0.6) is 0 Å². The van der Waals surface area contributed by atoms with Crippen LogP contribution in [0.25, 0.3) is 0 Å². The Kier molecular flexibility index (Phi) is 4.19. The van der Waals surface area contributed by atoms with Crippen molar-refractivity contribution in [3.8, 4) is 0 Å². The minimum Gasteiger partial charge on any atom is -0.302 e. The number of nitrogens with zero attached hydrogens (tertiary/aromatic N) is 3. The molecule has 0 aliphatic rings. The van der Waals surface area contributed by atoms with Gasteiger partial charge in [0.25, 0.3) is 5.91 Å². The molecule has 5 heteroatoms. The first kappa shape index (κ1) is 15.0. The molecule has 1 heterocycles. The van der Waals surface area contributed by atoms with Gasteiger partial charge in [-0.3, -0.25) is 9.89 Å². The zero-order valence-corrected chi connectivity index (χ0v) is 13.2. The molecule has 1 amide bonds.